The normalized spacial score (nSPS) is 29.1. The summed E-state index contributed by atoms with van der Waals surface area (Å²) in [4.78, 5) is 15.6. The van der Waals surface area contributed by atoms with Crippen molar-refractivity contribution in [2.24, 2.45) is 5.41 Å². The van der Waals surface area contributed by atoms with E-state index < -0.39 is 0 Å². The maximum absolute atomic E-state index is 13.4. The minimum absolute atomic E-state index is 0.162. The zero-order valence-electron chi connectivity index (χ0n) is 17.5. The van der Waals surface area contributed by atoms with Crippen LogP contribution in [0.1, 0.15) is 61.5 Å². The van der Waals surface area contributed by atoms with Gasteiger partial charge < -0.3 is 5.32 Å². The van der Waals surface area contributed by atoms with Crippen LogP contribution in [0.25, 0.3) is 0 Å². The predicted octanol–water partition coefficient (Wildman–Crippen LogP) is 4.85. The number of rotatable bonds is 3. The van der Waals surface area contributed by atoms with Gasteiger partial charge in [0.2, 0.25) is 5.91 Å². The van der Waals surface area contributed by atoms with Crippen molar-refractivity contribution in [3.63, 3.8) is 0 Å². The van der Waals surface area contributed by atoms with Crippen LogP contribution in [-0.4, -0.2) is 36.5 Å². The van der Waals surface area contributed by atoms with E-state index in [1.807, 2.05) is 18.2 Å². The van der Waals surface area contributed by atoms with E-state index in [9.17, 15) is 9.18 Å². The first-order valence-corrected chi connectivity index (χ1v) is 11.5. The predicted molar refractivity (Wildman–Crippen MR) is 117 cm³/mol. The lowest BCUT2D eigenvalue weighted by molar-refractivity contribution is -0.131. The van der Waals surface area contributed by atoms with Crippen LogP contribution in [0.2, 0.25) is 0 Å². The fourth-order valence-corrected chi connectivity index (χ4v) is 6.32. The molecule has 2 aromatic rings. The van der Waals surface area contributed by atoms with Crippen LogP contribution in [-0.2, 0) is 4.79 Å². The third kappa shape index (κ3) is 3.45. The number of carbonyl (C=O) groups is 1. The minimum atomic E-state index is -0.266. The van der Waals surface area contributed by atoms with E-state index in [0.717, 1.165) is 32.5 Å². The Hall–Kier alpha value is -2.20. The number of amides is 1. The van der Waals surface area contributed by atoms with Gasteiger partial charge in [-0.15, -0.1) is 0 Å². The highest BCUT2D eigenvalue weighted by Crippen LogP contribution is 2.49. The van der Waals surface area contributed by atoms with Crippen LogP contribution in [0.15, 0.2) is 54.6 Å². The Bertz CT molecular complexity index is 874. The van der Waals surface area contributed by atoms with Gasteiger partial charge in [0.15, 0.2) is 0 Å². The van der Waals surface area contributed by atoms with Crippen LogP contribution in [0, 0.1) is 11.2 Å². The maximum Gasteiger partial charge on any atom is 0.227 e. The number of piperidine rings is 1. The molecule has 30 heavy (non-hydrogen) atoms. The number of hydrogen-bond donors (Lipinski definition) is 1. The average Bonchev–Trinajstić information content (AvgIpc) is 3.11. The summed E-state index contributed by atoms with van der Waals surface area (Å²) in [6, 6.07) is 18.2. The van der Waals surface area contributed by atoms with Crippen LogP contribution in [0.5, 0.6) is 0 Å². The van der Waals surface area contributed by atoms with Crippen LogP contribution in [0.4, 0.5) is 4.39 Å². The van der Waals surface area contributed by atoms with Gasteiger partial charge in [-0.1, -0.05) is 55.3 Å². The molecule has 2 saturated heterocycles. The number of nitrogens with one attached hydrogen (secondary N) is 1. The highest BCUT2D eigenvalue weighted by Gasteiger charge is 2.52. The van der Waals surface area contributed by atoms with Gasteiger partial charge in [0, 0.05) is 18.5 Å². The van der Waals surface area contributed by atoms with Crippen molar-refractivity contribution in [1.29, 1.82) is 0 Å². The standard InChI is InChI=1S/C26H31FN2O/c27-21-12-10-19(11-13-21)22-8-4-5-9-24(22)29-16-14-26(15-17-29)23(18-28-25(26)30)20-6-2-1-3-7-20/h1-3,6-7,10-13,22-24H,4-5,8-9,14-18H2,(H,28,30). The highest BCUT2D eigenvalue weighted by atomic mass is 19.1. The van der Waals surface area contributed by atoms with Gasteiger partial charge in [-0.05, 0) is 68.0 Å². The smallest absolute Gasteiger partial charge is 0.227 e. The molecule has 3 fully saturated rings. The van der Waals surface area contributed by atoms with Gasteiger partial charge >= 0.3 is 0 Å². The zero-order valence-corrected chi connectivity index (χ0v) is 17.5. The van der Waals surface area contributed by atoms with Crippen molar-refractivity contribution in [2.75, 3.05) is 19.6 Å². The van der Waals surface area contributed by atoms with Crippen molar-refractivity contribution in [3.05, 3.63) is 71.5 Å². The summed E-state index contributed by atoms with van der Waals surface area (Å²) in [5.41, 5.74) is 2.28. The molecule has 1 amide bonds. The van der Waals surface area contributed by atoms with E-state index in [2.05, 4.69) is 34.5 Å². The minimum Gasteiger partial charge on any atom is -0.355 e. The van der Waals surface area contributed by atoms with Crippen molar-refractivity contribution < 1.29 is 9.18 Å². The monoisotopic (exact) mass is 406 g/mol. The van der Waals surface area contributed by atoms with E-state index in [0.29, 0.717) is 12.0 Å². The van der Waals surface area contributed by atoms with Gasteiger partial charge in [0.1, 0.15) is 5.82 Å². The summed E-state index contributed by atoms with van der Waals surface area (Å²) in [5.74, 6) is 0.822. The zero-order chi connectivity index (χ0) is 20.6. The Morgan fingerprint density at radius 1 is 0.900 bits per heavy atom. The fraction of sp³-hybridized carbons (Fsp3) is 0.500. The van der Waals surface area contributed by atoms with E-state index in [1.54, 1.807) is 12.1 Å². The Morgan fingerprint density at radius 2 is 1.60 bits per heavy atom. The van der Waals surface area contributed by atoms with E-state index >= 15 is 0 Å². The molecule has 1 saturated carbocycles. The quantitative estimate of drug-likeness (QED) is 0.790. The fourth-order valence-electron chi connectivity index (χ4n) is 6.32. The molecule has 3 atom stereocenters. The number of benzene rings is 2. The largest absolute Gasteiger partial charge is 0.355 e. The van der Waals surface area contributed by atoms with Gasteiger partial charge in [0.05, 0.1) is 5.41 Å². The van der Waals surface area contributed by atoms with Gasteiger partial charge in [0.25, 0.3) is 0 Å². The summed E-state index contributed by atoms with van der Waals surface area (Å²) >= 11 is 0. The van der Waals surface area contributed by atoms with Crippen molar-refractivity contribution in [1.82, 2.24) is 10.2 Å². The average molecular weight is 407 g/mol. The molecule has 1 aliphatic carbocycles. The highest BCUT2D eigenvalue weighted by molar-refractivity contribution is 5.86. The molecule has 3 unspecified atom stereocenters. The van der Waals surface area contributed by atoms with Crippen LogP contribution < -0.4 is 5.32 Å². The number of hydrogen-bond acceptors (Lipinski definition) is 2. The van der Waals surface area contributed by atoms with Gasteiger partial charge in [-0.25, -0.2) is 4.39 Å². The molecule has 1 spiro atoms. The molecule has 3 aliphatic rings. The number of nitrogens with zero attached hydrogens (tertiary/aromatic N) is 1. The molecule has 2 aliphatic heterocycles. The van der Waals surface area contributed by atoms with E-state index in [4.69, 9.17) is 0 Å². The second kappa shape index (κ2) is 8.14. The molecule has 2 aromatic carbocycles. The summed E-state index contributed by atoms with van der Waals surface area (Å²) < 4.78 is 13.4. The third-order valence-electron chi connectivity index (χ3n) is 7.97. The van der Waals surface area contributed by atoms with Crippen molar-refractivity contribution >= 4 is 5.91 Å². The topological polar surface area (TPSA) is 32.3 Å². The second-order valence-electron chi connectivity index (χ2n) is 9.38. The Kier molecular flexibility index (Phi) is 5.36. The molecular weight excluding hydrogens is 375 g/mol. The van der Waals surface area contributed by atoms with E-state index in [1.165, 1.54) is 36.8 Å². The van der Waals surface area contributed by atoms with Crippen molar-refractivity contribution in [3.8, 4) is 0 Å². The lowest BCUT2D eigenvalue weighted by atomic mass is 9.67. The first-order chi connectivity index (χ1) is 14.7. The van der Waals surface area contributed by atoms with Crippen LogP contribution >= 0.6 is 0 Å². The van der Waals surface area contributed by atoms with Gasteiger partial charge in [-0.3, -0.25) is 9.69 Å². The molecule has 1 N–H and O–H groups in total. The SMILES string of the molecule is O=C1NCC(c2ccccc2)C12CCN(C1CCCCC1c1ccc(F)cc1)CC2. The Labute approximate surface area is 178 Å². The molecular formula is C26H31FN2O. The lowest BCUT2D eigenvalue weighted by Crippen LogP contribution is -2.51. The molecule has 2 heterocycles. The van der Waals surface area contributed by atoms with Gasteiger partial charge in [-0.2, -0.15) is 0 Å². The molecule has 0 bridgehead atoms. The molecule has 5 rings (SSSR count). The summed E-state index contributed by atoms with van der Waals surface area (Å²) in [5, 5.41) is 3.17. The Balaban J connectivity index is 1.34. The summed E-state index contributed by atoms with van der Waals surface area (Å²) in [7, 11) is 0. The Morgan fingerprint density at radius 3 is 2.33 bits per heavy atom. The maximum atomic E-state index is 13.4. The van der Waals surface area contributed by atoms with E-state index in [-0.39, 0.29) is 23.1 Å². The number of carbonyl (C=O) groups excluding carboxylic acids is 1. The molecule has 4 heteroatoms. The molecule has 0 aromatic heterocycles. The third-order valence-corrected chi connectivity index (χ3v) is 7.97. The number of likely N-dealkylation sites (tertiary alicyclic amines) is 1. The molecule has 158 valence electrons. The molecule has 0 radical (unpaired) electrons. The first-order valence-electron chi connectivity index (χ1n) is 11.5. The lowest BCUT2D eigenvalue weighted by Gasteiger charge is -2.47. The van der Waals surface area contributed by atoms with Crippen molar-refractivity contribution in [2.45, 2.75) is 56.4 Å². The summed E-state index contributed by atoms with van der Waals surface area (Å²) in [6.45, 7) is 2.70. The number of halogens is 1. The summed E-state index contributed by atoms with van der Waals surface area (Å²) in [6.07, 6.45) is 6.72. The molecule has 3 nitrogen and oxygen atoms in total. The second-order valence-corrected chi connectivity index (χ2v) is 9.38. The van der Waals surface area contributed by atoms with Crippen LogP contribution in [0.3, 0.4) is 0 Å². The first kappa shape index (κ1) is 19.7.